The Morgan fingerprint density at radius 2 is 1.80 bits per heavy atom. The highest BCUT2D eigenvalue weighted by Gasteiger charge is 2.30. The Labute approximate surface area is 177 Å². The van der Waals surface area contributed by atoms with Crippen LogP contribution in [0.4, 0.5) is 4.79 Å². The Balaban J connectivity index is 1.66. The van der Waals surface area contributed by atoms with E-state index in [1.165, 1.54) is 0 Å². The van der Waals surface area contributed by atoms with E-state index < -0.39 is 11.6 Å². The number of ether oxygens (including phenoxy) is 3. The van der Waals surface area contributed by atoms with Crippen molar-refractivity contribution in [1.29, 1.82) is 0 Å². The molecule has 8 nitrogen and oxygen atoms in total. The van der Waals surface area contributed by atoms with E-state index in [2.05, 4.69) is 5.32 Å². The van der Waals surface area contributed by atoms with Crippen LogP contribution in [0.15, 0.2) is 24.3 Å². The lowest BCUT2D eigenvalue weighted by Crippen LogP contribution is -2.43. The number of nitrogens with one attached hydrogen (secondary N) is 1. The molecule has 0 bridgehead atoms. The number of likely N-dealkylation sites (tertiary alicyclic amines) is 1. The highest BCUT2D eigenvalue weighted by Crippen LogP contribution is 2.21. The number of piperidine rings is 1. The molecule has 166 valence electrons. The third-order valence-electron chi connectivity index (χ3n) is 4.73. The maximum atomic E-state index is 12.2. The number of nitrogens with zero attached hydrogens (tertiary/aromatic N) is 1. The van der Waals surface area contributed by atoms with Gasteiger partial charge in [-0.05, 0) is 51.7 Å². The maximum Gasteiger partial charge on any atom is 0.410 e. The highest BCUT2D eigenvalue weighted by atomic mass is 16.6. The Hall–Kier alpha value is -2.77. The zero-order chi connectivity index (χ0) is 22.1. The van der Waals surface area contributed by atoms with Crippen molar-refractivity contribution in [2.75, 3.05) is 33.4 Å². The Kier molecular flexibility index (Phi) is 8.50. The van der Waals surface area contributed by atoms with Crippen LogP contribution in [0, 0.1) is 5.92 Å². The van der Waals surface area contributed by atoms with Crippen LogP contribution in [-0.2, 0) is 25.5 Å². The monoisotopic (exact) mass is 420 g/mol. The first-order valence-electron chi connectivity index (χ1n) is 10.2. The van der Waals surface area contributed by atoms with Crippen LogP contribution in [-0.4, -0.2) is 61.8 Å². The molecule has 30 heavy (non-hydrogen) atoms. The van der Waals surface area contributed by atoms with Gasteiger partial charge in [-0.3, -0.25) is 9.59 Å². The molecule has 0 unspecified atom stereocenters. The summed E-state index contributed by atoms with van der Waals surface area (Å²) in [7, 11) is 1.61. The van der Waals surface area contributed by atoms with Gasteiger partial charge in [-0.15, -0.1) is 0 Å². The van der Waals surface area contributed by atoms with Gasteiger partial charge in [-0.1, -0.05) is 18.2 Å². The van der Waals surface area contributed by atoms with Gasteiger partial charge in [0.2, 0.25) is 0 Å². The predicted molar refractivity (Wildman–Crippen MR) is 111 cm³/mol. The van der Waals surface area contributed by atoms with E-state index in [9.17, 15) is 14.4 Å². The van der Waals surface area contributed by atoms with Crippen LogP contribution < -0.4 is 10.1 Å². The third-order valence-corrected chi connectivity index (χ3v) is 4.73. The van der Waals surface area contributed by atoms with Crippen molar-refractivity contribution in [3.63, 3.8) is 0 Å². The van der Waals surface area contributed by atoms with Crippen LogP contribution in [0.25, 0.3) is 0 Å². The molecule has 1 aliphatic heterocycles. The molecule has 8 heteroatoms. The molecule has 0 aromatic heterocycles. The van der Waals surface area contributed by atoms with Gasteiger partial charge in [-0.2, -0.15) is 0 Å². The first-order chi connectivity index (χ1) is 14.2. The van der Waals surface area contributed by atoms with E-state index in [1.54, 1.807) is 12.0 Å². The predicted octanol–water partition coefficient (Wildman–Crippen LogP) is 2.54. The van der Waals surface area contributed by atoms with E-state index in [-0.39, 0.29) is 24.5 Å². The average molecular weight is 421 g/mol. The normalized spacial score (nSPS) is 14.7. The van der Waals surface area contributed by atoms with Crippen LogP contribution in [0.5, 0.6) is 5.75 Å². The fraction of sp³-hybridized carbons (Fsp3) is 0.591. The van der Waals surface area contributed by atoms with Gasteiger partial charge in [-0.25, -0.2) is 4.79 Å². The molecule has 1 heterocycles. The SMILES string of the molecule is COc1ccccc1CCNC(=O)COC(=O)C1CCN(C(=O)OC(C)(C)C)CC1. The number of para-hydroxylation sites is 1. The summed E-state index contributed by atoms with van der Waals surface area (Å²) in [4.78, 5) is 37.9. The van der Waals surface area contributed by atoms with Crippen LogP contribution in [0.1, 0.15) is 39.2 Å². The van der Waals surface area contributed by atoms with Crippen LogP contribution in [0.2, 0.25) is 0 Å². The van der Waals surface area contributed by atoms with Crippen molar-refractivity contribution >= 4 is 18.0 Å². The van der Waals surface area contributed by atoms with Gasteiger partial charge in [0.15, 0.2) is 6.61 Å². The van der Waals surface area contributed by atoms with Crippen molar-refractivity contribution in [3.05, 3.63) is 29.8 Å². The molecule has 0 saturated carbocycles. The molecule has 1 aromatic rings. The molecule has 1 aromatic carbocycles. The zero-order valence-corrected chi connectivity index (χ0v) is 18.2. The highest BCUT2D eigenvalue weighted by molar-refractivity contribution is 5.81. The maximum absolute atomic E-state index is 12.2. The van der Waals surface area contributed by atoms with Gasteiger partial charge >= 0.3 is 12.1 Å². The smallest absolute Gasteiger partial charge is 0.410 e. The molecule has 2 rings (SSSR count). The van der Waals surface area contributed by atoms with Crippen LogP contribution >= 0.6 is 0 Å². The summed E-state index contributed by atoms with van der Waals surface area (Å²) in [6, 6.07) is 7.61. The fourth-order valence-corrected chi connectivity index (χ4v) is 3.18. The van der Waals surface area contributed by atoms with Crippen molar-refractivity contribution in [2.45, 2.75) is 45.6 Å². The fourth-order valence-electron chi connectivity index (χ4n) is 3.18. The van der Waals surface area contributed by atoms with Gasteiger partial charge in [0, 0.05) is 19.6 Å². The molecule has 1 N–H and O–H groups in total. The number of esters is 1. The van der Waals surface area contributed by atoms with Gasteiger partial charge < -0.3 is 24.4 Å². The van der Waals surface area contributed by atoms with E-state index in [1.807, 2.05) is 45.0 Å². The molecular formula is C22H32N2O6. The average Bonchev–Trinajstić information content (AvgIpc) is 2.71. The quantitative estimate of drug-likeness (QED) is 0.682. The lowest BCUT2D eigenvalue weighted by atomic mass is 9.97. The lowest BCUT2D eigenvalue weighted by molar-refractivity contribution is -0.154. The summed E-state index contributed by atoms with van der Waals surface area (Å²) >= 11 is 0. The second-order valence-electron chi connectivity index (χ2n) is 8.26. The minimum atomic E-state index is -0.550. The van der Waals surface area contributed by atoms with Crippen LogP contribution in [0.3, 0.4) is 0 Å². The minimum Gasteiger partial charge on any atom is -0.496 e. The number of carbonyl (C=O) groups is 3. The third kappa shape index (κ3) is 7.57. The Morgan fingerprint density at radius 1 is 1.13 bits per heavy atom. The van der Waals surface area contributed by atoms with Crippen molar-refractivity contribution in [2.24, 2.45) is 5.92 Å². The van der Waals surface area contributed by atoms with E-state index in [0.717, 1.165) is 11.3 Å². The first-order valence-corrected chi connectivity index (χ1v) is 10.2. The topological polar surface area (TPSA) is 94.2 Å². The Morgan fingerprint density at radius 3 is 2.43 bits per heavy atom. The molecule has 1 fully saturated rings. The molecular weight excluding hydrogens is 388 g/mol. The van der Waals surface area contributed by atoms with Crippen molar-refractivity contribution < 1.29 is 28.6 Å². The summed E-state index contributed by atoms with van der Waals surface area (Å²) in [5.41, 5.74) is 0.445. The number of benzene rings is 1. The summed E-state index contributed by atoms with van der Waals surface area (Å²) < 4.78 is 15.8. The van der Waals surface area contributed by atoms with Gasteiger partial charge in [0.05, 0.1) is 13.0 Å². The number of carbonyl (C=O) groups excluding carboxylic acids is 3. The van der Waals surface area contributed by atoms with Crippen molar-refractivity contribution in [1.82, 2.24) is 10.2 Å². The van der Waals surface area contributed by atoms with E-state index >= 15 is 0 Å². The molecule has 0 spiro atoms. The second-order valence-corrected chi connectivity index (χ2v) is 8.26. The number of hydrogen-bond acceptors (Lipinski definition) is 6. The summed E-state index contributed by atoms with van der Waals surface area (Å²) in [5, 5.41) is 2.74. The number of amides is 2. The number of hydrogen-bond donors (Lipinski definition) is 1. The van der Waals surface area contributed by atoms with E-state index in [4.69, 9.17) is 14.2 Å². The lowest BCUT2D eigenvalue weighted by Gasteiger charge is -2.32. The molecule has 0 atom stereocenters. The van der Waals surface area contributed by atoms with Gasteiger partial charge in [0.1, 0.15) is 11.4 Å². The summed E-state index contributed by atoms with van der Waals surface area (Å²) in [6.45, 7) is 6.42. The number of rotatable bonds is 7. The standard InChI is InChI=1S/C22H32N2O6/c1-22(2,3)30-21(27)24-13-10-17(11-14-24)20(26)29-15-19(25)23-12-9-16-7-5-6-8-18(16)28-4/h5-8,17H,9-15H2,1-4H3,(H,23,25). The molecule has 0 radical (unpaired) electrons. The van der Waals surface area contributed by atoms with E-state index in [0.29, 0.717) is 38.9 Å². The minimum absolute atomic E-state index is 0.308. The summed E-state index contributed by atoms with van der Waals surface area (Å²) in [6.07, 6.45) is 1.23. The largest absolute Gasteiger partial charge is 0.496 e. The van der Waals surface area contributed by atoms with Crippen molar-refractivity contribution in [3.8, 4) is 5.75 Å². The summed E-state index contributed by atoms with van der Waals surface area (Å²) in [5.74, 6) is -0.288. The number of methoxy groups -OCH3 is 1. The molecule has 1 saturated heterocycles. The molecule has 2 amide bonds. The first kappa shape index (κ1) is 23.5. The Bertz CT molecular complexity index is 735. The van der Waals surface area contributed by atoms with Gasteiger partial charge in [0.25, 0.3) is 5.91 Å². The second kappa shape index (κ2) is 10.8. The molecule has 0 aliphatic carbocycles. The molecule has 1 aliphatic rings. The zero-order valence-electron chi connectivity index (χ0n) is 18.2.